The first-order valence-corrected chi connectivity index (χ1v) is 12.0. The number of hydrogen-bond acceptors (Lipinski definition) is 7. The maximum atomic E-state index is 13.3. The van der Waals surface area contributed by atoms with Gasteiger partial charge in [0.25, 0.3) is 11.7 Å². The zero-order valence-corrected chi connectivity index (χ0v) is 20.5. The fraction of sp³-hybridized carbons (Fsp3) is 0.241. The Bertz CT molecular complexity index is 1360. The van der Waals surface area contributed by atoms with Crippen molar-refractivity contribution in [2.45, 2.75) is 26.4 Å². The second-order valence-corrected chi connectivity index (χ2v) is 9.44. The molecule has 1 fully saturated rings. The van der Waals surface area contributed by atoms with Crippen molar-refractivity contribution in [3.8, 4) is 23.0 Å². The molecule has 8 heteroatoms. The van der Waals surface area contributed by atoms with Crippen molar-refractivity contribution in [1.82, 2.24) is 4.90 Å². The number of hydrogen-bond donors (Lipinski definition) is 2. The number of benzene rings is 3. The number of phenolic OH excluding ortho intramolecular Hbond substituents is 1. The minimum absolute atomic E-state index is 0.0357. The number of aliphatic hydroxyl groups is 1. The molecule has 3 aromatic rings. The summed E-state index contributed by atoms with van der Waals surface area (Å²) in [5.74, 6) is 0.319. The average molecular weight is 502 g/mol. The molecule has 1 saturated heterocycles. The minimum Gasteiger partial charge on any atom is -0.508 e. The van der Waals surface area contributed by atoms with Gasteiger partial charge in [-0.05, 0) is 59.5 Å². The molecule has 1 atom stereocenters. The number of aliphatic hydroxyl groups excluding tert-OH is 1. The molecule has 190 valence electrons. The van der Waals surface area contributed by atoms with Crippen molar-refractivity contribution in [1.29, 1.82) is 0 Å². The summed E-state index contributed by atoms with van der Waals surface area (Å²) in [5, 5.41) is 21.1. The van der Waals surface area contributed by atoms with E-state index in [1.165, 1.54) is 17.0 Å². The van der Waals surface area contributed by atoms with Crippen LogP contribution < -0.4 is 14.2 Å². The van der Waals surface area contributed by atoms with Gasteiger partial charge in [0.1, 0.15) is 17.3 Å². The van der Waals surface area contributed by atoms with Crippen LogP contribution in [0.4, 0.5) is 0 Å². The molecule has 2 N–H and O–H groups in total. The number of ketones is 1. The summed E-state index contributed by atoms with van der Waals surface area (Å²) in [7, 11) is 0. The van der Waals surface area contributed by atoms with E-state index in [0.717, 1.165) is 11.3 Å². The Morgan fingerprint density at radius 3 is 2.41 bits per heavy atom. The van der Waals surface area contributed by atoms with Gasteiger partial charge in [0.2, 0.25) is 6.79 Å². The predicted octanol–water partition coefficient (Wildman–Crippen LogP) is 4.78. The number of carbonyl (C=O) groups excluding carboxylic acids is 2. The number of likely N-dealkylation sites (tertiary alicyclic amines) is 1. The summed E-state index contributed by atoms with van der Waals surface area (Å²) in [6.07, 6.45) is 0. The number of fused-ring (bicyclic) bond motifs is 1. The van der Waals surface area contributed by atoms with Gasteiger partial charge in [-0.2, -0.15) is 0 Å². The van der Waals surface area contributed by atoms with Crippen LogP contribution in [0.5, 0.6) is 23.0 Å². The number of aromatic hydroxyl groups is 1. The molecule has 2 aliphatic rings. The van der Waals surface area contributed by atoms with Crippen LogP contribution in [0.25, 0.3) is 5.76 Å². The van der Waals surface area contributed by atoms with Gasteiger partial charge in [-0.25, -0.2) is 0 Å². The van der Waals surface area contributed by atoms with Gasteiger partial charge in [0.15, 0.2) is 11.5 Å². The lowest BCUT2D eigenvalue weighted by Gasteiger charge is -2.25. The molecule has 1 unspecified atom stereocenters. The van der Waals surface area contributed by atoms with E-state index in [2.05, 4.69) is 13.8 Å². The first-order valence-electron chi connectivity index (χ1n) is 12.0. The smallest absolute Gasteiger partial charge is 0.295 e. The molecule has 3 aromatic carbocycles. The fourth-order valence-electron chi connectivity index (χ4n) is 4.40. The maximum absolute atomic E-state index is 13.3. The van der Waals surface area contributed by atoms with Crippen molar-refractivity contribution >= 4 is 17.4 Å². The van der Waals surface area contributed by atoms with Crippen LogP contribution in [0.1, 0.15) is 36.6 Å². The SMILES string of the molecule is CC(C)COc1ccc(CN2C(=O)C(=O)/C(=C(\O)c3ccc4c(c3)OCO4)C2c2ccc(O)cc2)cc1. The lowest BCUT2D eigenvalue weighted by Crippen LogP contribution is -2.29. The van der Waals surface area contributed by atoms with Crippen molar-refractivity contribution in [3.63, 3.8) is 0 Å². The standard InChI is InChI=1S/C29H27NO7/c1-17(2)15-35-22-10-3-18(4-11-22)14-30-26(19-5-8-21(31)9-6-19)25(28(33)29(30)34)27(32)20-7-12-23-24(13-20)37-16-36-23/h3-13,17,26,31-32H,14-16H2,1-2H3/b27-25-. The van der Waals surface area contributed by atoms with Gasteiger partial charge >= 0.3 is 0 Å². The van der Waals surface area contributed by atoms with Crippen LogP contribution in [0.3, 0.4) is 0 Å². The quantitative estimate of drug-likeness (QED) is 0.273. The molecule has 1 amide bonds. The zero-order chi connectivity index (χ0) is 26.1. The third kappa shape index (κ3) is 4.82. The molecular formula is C29H27NO7. The first-order chi connectivity index (χ1) is 17.8. The zero-order valence-electron chi connectivity index (χ0n) is 20.5. The van der Waals surface area contributed by atoms with E-state index in [0.29, 0.717) is 35.2 Å². The first kappa shape index (κ1) is 24.2. The van der Waals surface area contributed by atoms with E-state index >= 15 is 0 Å². The van der Waals surface area contributed by atoms with Crippen LogP contribution in [0.15, 0.2) is 72.3 Å². The summed E-state index contributed by atoms with van der Waals surface area (Å²) < 4.78 is 16.5. The molecule has 0 saturated carbocycles. The highest BCUT2D eigenvalue weighted by Crippen LogP contribution is 2.42. The molecule has 0 radical (unpaired) electrons. The molecule has 0 spiro atoms. The Labute approximate surface area is 214 Å². The Balaban J connectivity index is 1.52. The maximum Gasteiger partial charge on any atom is 0.295 e. The normalized spacial score (nSPS) is 18.0. The minimum atomic E-state index is -0.858. The van der Waals surface area contributed by atoms with Gasteiger partial charge in [0.05, 0.1) is 18.2 Å². The van der Waals surface area contributed by atoms with Gasteiger partial charge in [0, 0.05) is 12.1 Å². The summed E-state index contributed by atoms with van der Waals surface area (Å²) in [4.78, 5) is 28.0. The van der Waals surface area contributed by atoms with E-state index in [1.54, 1.807) is 30.3 Å². The van der Waals surface area contributed by atoms with Gasteiger partial charge in [-0.15, -0.1) is 0 Å². The van der Waals surface area contributed by atoms with E-state index in [9.17, 15) is 19.8 Å². The molecule has 2 aliphatic heterocycles. The van der Waals surface area contributed by atoms with Crippen molar-refractivity contribution in [2.24, 2.45) is 5.92 Å². The summed E-state index contributed by atoms with van der Waals surface area (Å²) in [6, 6.07) is 17.6. The molecule has 0 bridgehead atoms. The number of phenols is 1. The monoisotopic (exact) mass is 501 g/mol. The number of amides is 1. The molecule has 5 rings (SSSR count). The highest BCUT2D eigenvalue weighted by atomic mass is 16.7. The lowest BCUT2D eigenvalue weighted by atomic mass is 9.95. The number of rotatable bonds is 7. The van der Waals surface area contributed by atoms with E-state index in [1.807, 2.05) is 24.3 Å². The summed E-state index contributed by atoms with van der Waals surface area (Å²) >= 11 is 0. The van der Waals surface area contributed by atoms with Gasteiger partial charge in [-0.1, -0.05) is 38.1 Å². The van der Waals surface area contributed by atoms with Crippen LogP contribution in [-0.2, 0) is 16.1 Å². The lowest BCUT2D eigenvalue weighted by molar-refractivity contribution is -0.140. The van der Waals surface area contributed by atoms with Gasteiger partial charge < -0.3 is 29.3 Å². The number of carbonyl (C=O) groups is 2. The number of Topliss-reactive ketones (excluding diaryl/α,β-unsaturated/α-hetero) is 1. The van der Waals surface area contributed by atoms with Crippen LogP contribution in [0.2, 0.25) is 0 Å². The topological polar surface area (TPSA) is 106 Å². The summed E-state index contributed by atoms with van der Waals surface area (Å²) in [6.45, 7) is 4.93. The van der Waals surface area contributed by atoms with Crippen LogP contribution >= 0.6 is 0 Å². The Morgan fingerprint density at radius 2 is 1.70 bits per heavy atom. The molecular weight excluding hydrogens is 474 g/mol. The second kappa shape index (κ2) is 9.89. The third-order valence-electron chi connectivity index (χ3n) is 6.25. The Hall–Kier alpha value is -4.46. The Kier molecular flexibility index (Phi) is 6.48. The predicted molar refractivity (Wildman–Crippen MR) is 135 cm³/mol. The highest BCUT2D eigenvalue weighted by Gasteiger charge is 2.46. The molecule has 8 nitrogen and oxygen atoms in total. The molecule has 0 aromatic heterocycles. The Morgan fingerprint density at radius 1 is 1.00 bits per heavy atom. The summed E-state index contributed by atoms with van der Waals surface area (Å²) in [5.41, 5.74) is 1.67. The van der Waals surface area contributed by atoms with Crippen LogP contribution in [-0.4, -0.2) is 40.2 Å². The largest absolute Gasteiger partial charge is 0.508 e. The van der Waals surface area contributed by atoms with E-state index in [4.69, 9.17) is 14.2 Å². The molecule has 2 heterocycles. The molecule has 37 heavy (non-hydrogen) atoms. The third-order valence-corrected chi connectivity index (χ3v) is 6.25. The van der Waals surface area contributed by atoms with E-state index in [-0.39, 0.29) is 30.4 Å². The molecule has 0 aliphatic carbocycles. The second-order valence-electron chi connectivity index (χ2n) is 9.44. The van der Waals surface area contributed by atoms with Crippen molar-refractivity contribution in [3.05, 3.63) is 89.0 Å². The number of ether oxygens (including phenoxy) is 3. The van der Waals surface area contributed by atoms with Gasteiger partial charge in [-0.3, -0.25) is 9.59 Å². The average Bonchev–Trinajstić information content (AvgIpc) is 3.46. The highest BCUT2D eigenvalue weighted by molar-refractivity contribution is 6.46. The van der Waals surface area contributed by atoms with Crippen molar-refractivity contribution in [2.75, 3.05) is 13.4 Å². The van der Waals surface area contributed by atoms with Crippen molar-refractivity contribution < 1.29 is 34.0 Å². The fourth-order valence-corrected chi connectivity index (χ4v) is 4.40. The van der Waals surface area contributed by atoms with Crippen LogP contribution in [0, 0.1) is 5.92 Å². The van der Waals surface area contributed by atoms with E-state index < -0.39 is 17.7 Å². The number of nitrogens with zero attached hydrogens (tertiary/aromatic N) is 1.